The van der Waals surface area contributed by atoms with E-state index in [1.165, 1.54) is 39.4 Å². The van der Waals surface area contributed by atoms with Gasteiger partial charge in [-0.15, -0.1) is 0 Å². The summed E-state index contributed by atoms with van der Waals surface area (Å²) in [7, 11) is 0. The van der Waals surface area contributed by atoms with Gasteiger partial charge in [-0.25, -0.2) is 0 Å². The fraction of sp³-hybridized carbons (Fsp3) is 0.185. The van der Waals surface area contributed by atoms with Crippen molar-refractivity contribution in [3.63, 3.8) is 0 Å². The van der Waals surface area contributed by atoms with Crippen LogP contribution in [0.4, 0.5) is 0 Å². The molecule has 0 aromatic heterocycles. The minimum Gasteiger partial charge on any atom is -0.493 e. The molecule has 136 valence electrons. The molecule has 1 atom stereocenters. The molecule has 1 nitrogen and oxygen atoms in total. The standard InChI is InChI=1S/C27H22O/c1-2-10-20-18(8-1)9-7-15-26(20)28-17-19-16-25-21-11-3-5-13-23(21)27(19)24-14-6-4-12-22(24)25/h1-15,19,25,27H,16-17H2. The quantitative estimate of drug-likeness (QED) is 0.403. The first kappa shape index (κ1) is 15.9. The second-order valence-electron chi connectivity index (χ2n) is 8.07. The first-order valence-electron chi connectivity index (χ1n) is 10.2. The molecule has 1 heteroatoms. The lowest BCUT2D eigenvalue weighted by atomic mass is 9.59. The Morgan fingerprint density at radius 3 is 2.00 bits per heavy atom. The Labute approximate surface area is 165 Å². The van der Waals surface area contributed by atoms with Crippen molar-refractivity contribution in [3.8, 4) is 5.75 Å². The third-order valence-electron chi connectivity index (χ3n) is 6.63. The van der Waals surface area contributed by atoms with E-state index in [0.29, 0.717) is 17.8 Å². The number of benzene rings is 4. The topological polar surface area (TPSA) is 9.23 Å². The van der Waals surface area contributed by atoms with Gasteiger partial charge in [0.15, 0.2) is 0 Å². The van der Waals surface area contributed by atoms with Crippen LogP contribution in [0.1, 0.15) is 40.5 Å². The molecule has 2 bridgehead atoms. The second kappa shape index (κ2) is 6.24. The van der Waals surface area contributed by atoms with Crippen molar-refractivity contribution >= 4 is 10.8 Å². The molecule has 0 saturated heterocycles. The highest BCUT2D eigenvalue weighted by atomic mass is 16.5. The van der Waals surface area contributed by atoms with E-state index in [9.17, 15) is 0 Å². The first-order chi connectivity index (χ1) is 13.9. The number of hydrogen-bond donors (Lipinski definition) is 0. The van der Waals surface area contributed by atoms with Gasteiger partial charge in [-0.3, -0.25) is 0 Å². The molecule has 3 aliphatic carbocycles. The maximum Gasteiger partial charge on any atom is 0.127 e. The maximum atomic E-state index is 6.44. The van der Waals surface area contributed by atoms with Crippen molar-refractivity contribution < 1.29 is 4.74 Å². The Morgan fingerprint density at radius 1 is 0.643 bits per heavy atom. The third kappa shape index (κ3) is 2.32. The molecule has 0 fully saturated rings. The normalized spacial score (nSPS) is 21.9. The Kier molecular flexibility index (Phi) is 3.55. The summed E-state index contributed by atoms with van der Waals surface area (Å²) in [5, 5.41) is 2.44. The zero-order valence-corrected chi connectivity index (χ0v) is 15.7. The largest absolute Gasteiger partial charge is 0.493 e. The summed E-state index contributed by atoms with van der Waals surface area (Å²) in [6.07, 6.45) is 1.17. The minimum atomic E-state index is 0.437. The van der Waals surface area contributed by atoms with Crippen molar-refractivity contribution in [2.45, 2.75) is 18.3 Å². The molecule has 3 aliphatic rings. The summed E-state index contributed by atoms with van der Waals surface area (Å²) in [5.74, 6) is 2.45. The van der Waals surface area contributed by atoms with Gasteiger partial charge in [0.25, 0.3) is 0 Å². The molecule has 0 radical (unpaired) electrons. The van der Waals surface area contributed by atoms with Gasteiger partial charge in [0.2, 0.25) is 0 Å². The number of rotatable bonds is 3. The molecule has 0 N–H and O–H groups in total. The van der Waals surface area contributed by atoms with Crippen molar-refractivity contribution in [3.05, 3.63) is 113 Å². The molecule has 4 aromatic rings. The highest BCUT2D eigenvalue weighted by Crippen LogP contribution is 2.55. The molecule has 0 aliphatic heterocycles. The average molecular weight is 362 g/mol. The second-order valence-corrected chi connectivity index (χ2v) is 8.07. The van der Waals surface area contributed by atoms with Gasteiger partial charge in [0.1, 0.15) is 5.75 Å². The van der Waals surface area contributed by atoms with Gasteiger partial charge in [0.05, 0.1) is 6.61 Å². The van der Waals surface area contributed by atoms with Crippen molar-refractivity contribution in [1.82, 2.24) is 0 Å². The van der Waals surface area contributed by atoms with Gasteiger partial charge >= 0.3 is 0 Å². The van der Waals surface area contributed by atoms with Crippen LogP contribution in [0.5, 0.6) is 5.75 Å². The van der Waals surface area contributed by atoms with E-state index in [1.54, 1.807) is 0 Å². The Bertz CT molecular complexity index is 1120. The van der Waals surface area contributed by atoms with Crippen LogP contribution in [0, 0.1) is 5.92 Å². The predicted octanol–water partition coefficient (Wildman–Crippen LogP) is 6.52. The smallest absolute Gasteiger partial charge is 0.127 e. The number of hydrogen-bond acceptors (Lipinski definition) is 1. The molecule has 1 unspecified atom stereocenters. The molecular weight excluding hydrogens is 340 g/mol. The summed E-state index contributed by atoms with van der Waals surface area (Å²) < 4.78 is 6.44. The predicted molar refractivity (Wildman–Crippen MR) is 114 cm³/mol. The van der Waals surface area contributed by atoms with E-state index >= 15 is 0 Å². The Balaban J connectivity index is 1.37. The van der Waals surface area contributed by atoms with Crippen LogP contribution in [0.2, 0.25) is 0 Å². The van der Waals surface area contributed by atoms with E-state index in [0.717, 1.165) is 12.4 Å². The summed E-state index contributed by atoms with van der Waals surface area (Å²) >= 11 is 0. The summed E-state index contributed by atoms with van der Waals surface area (Å²) in [6.45, 7) is 0.762. The van der Waals surface area contributed by atoms with Crippen LogP contribution < -0.4 is 4.74 Å². The third-order valence-corrected chi connectivity index (χ3v) is 6.63. The monoisotopic (exact) mass is 362 g/mol. The zero-order valence-electron chi connectivity index (χ0n) is 15.7. The molecule has 0 spiro atoms. The lowest BCUT2D eigenvalue weighted by Crippen LogP contribution is -2.35. The van der Waals surface area contributed by atoms with E-state index in [4.69, 9.17) is 4.74 Å². The van der Waals surface area contributed by atoms with Gasteiger partial charge in [-0.2, -0.15) is 0 Å². The van der Waals surface area contributed by atoms with Crippen LogP contribution in [0.3, 0.4) is 0 Å². The molecular formula is C27H22O. The molecule has 0 amide bonds. The SMILES string of the molecule is c1ccc2c(c1)C1CC(COc3cccc4ccccc34)C2c2ccccc21. The molecule has 4 aromatic carbocycles. The maximum absolute atomic E-state index is 6.44. The van der Waals surface area contributed by atoms with Crippen molar-refractivity contribution in [2.75, 3.05) is 6.61 Å². The van der Waals surface area contributed by atoms with E-state index in [1.807, 2.05) is 0 Å². The van der Waals surface area contributed by atoms with Crippen LogP contribution in [-0.2, 0) is 0 Å². The fourth-order valence-electron chi connectivity index (χ4n) is 5.44. The van der Waals surface area contributed by atoms with Gasteiger partial charge in [-0.05, 0) is 40.1 Å². The molecule has 0 saturated carbocycles. The Hall–Kier alpha value is -3.06. The first-order valence-corrected chi connectivity index (χ1v) is 10.2. The van der Waals surface area contributed by atoms with Crippen LogP contribution >= 0.6 is 0 Å². The average Bonchev–Trinajstić information content (AvgIpc) is 2.78. The number of ether oxygens (including phenoxy) is 1. The molecule has 28 heavy (non-hydrogen) atoms. The van der Waals surface area contributed by atoms with Crippen molar-refractivity contribution in [1.29, 1.82) is 0 Å². The lowest BCUT2D eigenvalue weighted by molar-refractivity contribution is 0.206. The van der Waals surface area contributed by atoms with Crippen LogP contribution in [0.25, 0.3) is 10.8 Å². The van der Waals surface area contributed by atoms with Crippen LogP contribution in [0.15, 0.2) is 91.0 Å². The van der Waals surface area contributed by atoms with Crippen LogP contribution in [-0.4, -0.2) is 6.61 Å². The summed E-state index contributed by atoms with van der Waals surface area (Å²) in [4.78, 5) is 0. The molecule has 0 heterocycles. The van der Waals surface area contributed by atoms with Gasteiger partial charge < -0.3 is 4.74 Å². The van der Waals surface area contributed by atoms with Crippen molar-refractivity contribution in [2.24, 2.45) is 5.92 Å². The summed E-state index contributed by atoms with van der Waals surface area (Å²) in [6, 6.07) is 32.9. The fourth-order valence-corrected chi connectivity index (χ4v) is 5.44. The number of fused-ring (bicyclic) bond motifs is 2. The van der Waals surface area contributed by atoms with E-state index in [2.05, 4.69) is 91.0 Å². The van der Waals surface area contributed by atoms with E-state index < -0.39 is 0 Å². The highest BCUT2D eigenvalue weighted by Gasteiger charge is 2.43. The Morgan fingerprint density at radius 2 is 1.25 bits per heavy atom. The van der Waals surface area contributed by atoms with E-state index in [-0.39, 0.29) is 0 Å². The van der Waals surface area contributed by atoms with Gasteiger partial charge in [-0.1, -0.05) is 84.9 Å². The zero-order chi connectivity index (χ0) is 18.5. The van der Waals surface area contributed by atoms with Gasteiger partial charge in [0, 0.05) is 23.1 Å². The highest BCUT2D eigenvalue weighted by molar-refractivity contribution is 5.88. The minimum absolute atomic E-state index is 0.437. The summed E-state index contributed by atoms with van der Waals surface area (Å²) in [5.41, 5.74) is 6.05. The lowest BCUT2D eigenvalue weighted by Gasteiger charge is -2.45. The molecule has 7 rings (SSSR count).